The van der Waals surface area contributed by atoms with Crippen LogP contribution in [-0.2, 0) is 12.7 Å². The van der Waals surface area contributed by atoms with Crippen LogP contribution < -0.4 is 14.5 Å². The Hall–Kier alpha value is -3.61. The quantitative estimate of drug-likeness (QED) is 0.324. The first-order chi connectivity index (χ1) is 18.1. The van der Waals surface area contributed by atoms with Crippen molar-refractivity contribution in [1.82, 2.24) is 0 Å². The largest absolute Gasteiger partial charge is 0.573 e. The zero-order valence-corrected chi connectivity index (χ0v) is 19.9. The average molecular weight is 564 g/mol. The summed E-state index contributed by atoms with van der Waals surface area (Å²) < 4.78 is 122. The van der Waals surface area contributed by atoms with Crippen molar-refractivity contribution in [3.63, 3.8) is 0 Å². The minimum absolute atomic E-state index is 0.0306. The van der Waals surface area contributed by atoms with Gasteiger partial charge in [-0.25, -0.2) is 0 Å². The number of fused-ring (bicyclic) bond motifs is 1. The number of alkyl halides is 9. The Morgan fingerprint density at radius 2 is 1.49 bits per heavy atom. The van der Waals surface area contributed by atoms with Gasteiger partial charge in [0, 0.05) is 13.1 Å². The van der Waals surface area contributed by atoms with E-state index in [0.29, 0.717) is 11.3 Å². The predicted octanol–water partition coefficient (Wildman–Crippen LogP) is 7.10. The van der Waals surface area contributed by atoms with E-state index >= 15 is 0 Å². The molecule has 210 valence electrons. The molecule has 0 spiro atoms. The second kappa shape index (κ2) is 10.5. The highest BCUT2D eigenvalue weighted by Crippen LogP contribution is 2.43. The predicted molar refractivity (Wildman–Crippen MR) is 124 cm³/mol. The molecule has 0 fully saturated rings. The Balaban J connectivity index is 1.76. The number of anilines is 2. The van der Waals surface area contributed by atoms with Gasteiger partial charge in [0.25, 0.3) is 0 Å². The average Bonchev–Trinajstić information content (AvgIpc) is 2.83. The number of para-hydroxylation sites is 2. The van der Waals surface area contributed by atoms with E-state index < -0.39 is 48.7 Å². The molecule has 3 aromatic rings. The number of hydrogen-bond acceptors (Lipinski definition) is 4. The van der Waals surface area contributed by atoms with Crippen LogP contribution in [0, 0.1) is 0 Å². The molecule has 13 heteroatoms. The smallest absolute Gasteiger partial charge is 0.406 e. The van der Waals surface area contributed by atoms with Gasteiger partial charge in [0.05, 0.1) is 29.5 Å². The first-order valence-electron chi connectivity index (χ1n) is 11.5. The molecule has 3 aromatic carbocycles. The van der Waals surface area contributed by atoms with E-state index in [0.717, 1.165) is 30.3 Å². The van der Waals surface area contributed by atoms with E-state index in [4.69, 9.17) is 0 Å². The molecule has 0 aromatic heterocycles. The van der Waals surface area contributed by atoms with Crippen LogP contribution in [0.15, 0.2) is 72.8 Å². The van der Waals surface area contributed by atoms with Crippen LogP contribution in [0.25, 0.3) is 0 Å². The first-order valence-corrected chi connectivity index (χ1v) is 11.5. The second-order valence-electron chi connectivity index (χ2n) is 8.91. The molecule has 0 aliphatic carbocycles. The number of halogens is 9. The molecule has 1 N–H and O–H groups in total. The van der Waals surface area contributed by atoms with E-state index in [2.05, 4.69) is 4.74 Å². The highest BCUT2D eigenvalue weighted by Gasteiger charge is 2.43. The molecular formula is C26H21F9N2O2. The molecule has 4 rings (SSSR count). The van der Waals surface area contributed by atoms with Crippen LogP contribution in [0.4, 0.5) is 50.9 Å². The summed E-state index contributed by atoms with van der Waals surface area (Å²) in [5.41, 5.74) is -0.000824. The van der Waals surface area contributed by atoms with Gasteiger partial charge in [-0.15, -0.1) is 13.2 Å². The van der Waals surface area contributed by atoms with Gasteiger partial charge in [0.2, 0.25) is 0 Å². The van der Waals surface area contributed by atoms with Crippen LogP contribution in [0.3, 0.4) is 0 Å². The van der Waals surface area contributed by atoms with Crippen LogP contribution >= 0.6 is 0 Å². The number of ether oxygens (including phenoxy) is 1. The lowest BCUT2D eigenvalue weighted by Gasteiger charge is -2.46. The molecule has 39 heavy (non-hydrogen) atoms. The molecule has 1 heterocycles. The van der Waals surface area contributed by atoms with Gasteiger partial charge in [0.1, 0.15) is 5.75 Å². The van der Waals surface area contributed by atoms with Crippen LogP contribution in [0.2, 0.25) is 0 Å². The van der Waals surface area contributed by atoms with Crippen molar-refractivity contribution in [1.29, 1.82) is 0 Å². The number of nitrogens with zero attached hydrogens (tertiary/aromatic N) is 2. The highest BCUT2D eigenvalue weighted by atomic mass is 19.4. The Morgan fingerprint density at radius 3 is 2.13 bits per heavy atom. The molecule has 2 atom stereocenters. The molecule has 1 aliphatic rings. The fourth-order valence-electron chi connectivity index (χ4n) is 4.48. The molecular weight excluding hydrogens is 543 g/mol. The molecule has 0 saturated carbocycles. The van der Waals surface area contributed by atoms with E-state index in [1.807, 2.05) is 0 Å². The number of aliphatic hydroxyl groups is 1. The summed E-state index contributed by atoms with van der Waals surface area (Å²) in [7, 11) is 0. The van der Waals surface area contributed by atoms with Crippen molar-refractivity contribution in [3.8, 4) is 5.75 Å². The number of benzene rings is 3. The molecule has 0 saturated heterocycles. The van der Waals surface area contributed by atoms with Crippen molar-refractivity contribution in [2.24, 2.45) is 0 Å². The maximum atomic E-state index is 13.5. The van der Waals surface area contributed by atoms with Gasteiger partial charge in [-0.2, -0.15) is 26.3 Å². The molecule has 0 radical (unpaired) electrons. The summed E-state index contributed by atoms with van der Waals surface area (Å²) >= 11 is 0. The monoisotopic (exact) mass is 564 g/mol. The van der Waals surface area contributed by atoms with Crippen molar-refractivity contribution in [2.45, 2.75) is 37.4 Å². The van der Waals surface area contributed by atoms with Crippen LogP contribution in [-0.4, -0.2) is 36.8 Å². The van der Waals surface area contributed by atoms with Crippen molar-refractivity contribution in [2.75, 3.05) is 22.9 Å². The standard InChI is InChI=1S/C26H21F9N2O2/c27-24(28,29)18-7-4-6-17(12-18)22-14-36(13-16-5-3-8-19(11-16)39-26(33,34)35)20-9-1-2-10-21(20)37(22)15-23(38)25(30,31)32/h1-12,22-23,38H,13-15H2/t22-,23+/m0/s1. The summed E-state index contributed by atoms with van der Waals surface area (Å²) in [5.74, 6) is -0.477. The maximum Gasteiger partial charge on any atom is 0.573 e. The fraction of sp³-hybridized carbons (Fsp3) is 0.308. The molecule has 0 bridgehead atoms. The third-order valence-electron chi connectivity index (χ3n) is 6.15. The number of aliphatic hydroxyl groups excluding tert-OH is 1. The number of rotatable bonds is 6. The molecule has 4 nitrogen and oxygen atoms in total. The Labute approximate surface area is 216 Å². The van der Waals surface area contributed by atoms with Crippen LogP contribution in [0.5, 0.6) is 5.75 Å². The molecule has 0 unspecified atom stereocenters. The fourth-order valence-corrected chi connectivity index (χ4v) is 4.48. The Morgan fingerprint density at radius 1 is 0.821 bits per heavy atom. The van der Waals surface area contributed by atoms with Crippen molar-refractivity contribution in [3.05, 3.63) is 89.5 Å². The zero-order valence-electron chi connectivity index (χ0n) is 19.9. The Bertz CT molecular complexity index is 1290. The Kier molecular flexibility index (Phi) is 7.66. The molecule has 1 aliphatic heterocycles. The number of β-amino-alcohol motifs (C(OH)–C–C–N with tert-alkyl or cyclic N) is 1. The van der Waals surface area contributed by atoms with Crippen molar-refractivity contribution >= 4 is 11.4 Å². The lowest BCUT2D eigenvalue weighted by molar-refractivity contribution is -0.274. The van der Waals surface area contributed by atoms with Gasteiger partial charge in [-0.3, -0.25) is 0 Å². The van der Waals surface area contributed by atoms with E-state index in [1.165, 1.54) is 35.2 Å². The van der Waals surface area contributed by atoms with Gasteiger partial charge < -0.3 is 19.6 Å². The highest BCUT2D eigenvalue weighted by molar-refractivity contribution is 5.75. The summed E-state index contributed by atoms with van der Waals surface area (Å²) in [4.78, 5) is 2.84. The summed E-state index contributed by atoms with van der Waals surface area (Å²) in [6.07, 6.45) is -17.4. The lowest BCUT2D eigenvalue weighted by atomic mass is 9.96. The third kappa shape index (κ3) is 6.88. The van der Waals surface area contributed by atoms with E-state index in [1.54, 1.807) is 17.0 Å². The minimum Gasteiger partial charge on any atom is -0.406 e. The van der Waals surface area contributed by atoms with Gasteiger partial charge in [0.15, 0.2) is 6.10 Å². The third-order valence-corrected chi connectivity index (χ3v) is 6.15. The maximum absolute atomic E-state index is 13.5. The van der Waals surface area contributed by atoms with Gasteiger partial charge in [-0.1, -0.05) is 36.4 Å². The zero-order chi connectivity index (χ0) is 28.6. The first kappa shape index (κ1) is 28.4. The summed E-state index contributed by atoms with van der Waals surface area (Å²) in [6.45, 7) is -1.12. The minimum atomic E-state index is -4.98. The van der Waals surface area contributed by atoms with Gasteiger partial charge >= 0.3 is 18.7 Å². The number of hydrogen-bond donors (Lipinski definition) is 1. The second-order valence-corrected chi connectivity index (χ2v) is 8.91. The van der Waals surface area contributed by atoms with E-state index in [9.17, 15) is 44.6 Å². The summed E-state index contributed by atoms with van der Waals surface area (Å²) in [6, 6.07) is 14.3. The molecule has 0 amide bonds. The lowest BCUT2D eigenvalue weighted by Crippen LogP contribution is -2.49. The van der Waals surface area contributed by atoms with Crippen molar-refractivity contribution < 1.29 is 49.4 Å². The summed E-state index contributed by atoms with van der Waals surface area (Å²) in [5, 5.41) is 9.87. The normalized spacial score (nSPS) is 17.1. The van der Waals surface area contributed by atoms with E-state index in [-0.39, 0.29) is 24.3 Å². The topological polar surface area (TPSA) is 35.9 Å². The van der Waals surface area contributed by atoms with Crippen LogP contribution in [0.1, 0.15) is 22.7 Å². The SMILES string of the molecule is O[C@H](CN1c2ccccc2N(Cc2cccc(OC(F)(F)F)c2)C[C@H]1c1cccc(C(F)(F)F)c1)C(F)(F)F. The van der Waals surface area contributed by atoms with Gasteiger partial charge in [-0.05, 0) is 47.5 Å².